The molecule has 0 aliphatic rings. The fourth-order valence-corrected chi connectivity index (χ4v) is 3.28. The molecule has 0 aromatic heterocycles. The normalized spacial score (nSPS) is 11.2. The maximum absolute atomic E-state index is 12.0. The van der Waals surface area contributed by atoms with Crippen LogP contribution in [0.5, 0.6) is 0 Å². The Bertz CT molecular complexity index is 529. The van der Waals surface area contributed by atoms with Gasteiger partial charge in [-0.1, -0.05) is 17.7 Å². The number of benzene rings is 1. The van der Waals surface area contributed by atoms with Gasteiger partial charge in [0, 0.05) is 0 Å². The maximum atomic E-state index is 12.0. The second kappa shape index (κ2) is 4.92. The average Bonchev–Trinajstić information content (AvgIpc) is 2.14. The molecule has 0 saturated heterocycles. The van der Waals surface area contributed by atoms with Crippen LogP contribution in [0.25, 0.3) is 0 Å². The minimum atomic E-state index is -3.83. The summed E-state index contributed by atoms with van der Waals surface area (Å²) in [6.45, 7) is 5.28. The molecule has 0 spiro atoms. The summed E-state index contributed by atoms with van der Waals surface area (Å²) in [6.07, 6.45) is -0.358. The molecule has 90 valence electrons. The number of carbonyl (C=O) groups excluding carboxylic acids is 1. The topological polar surface area (TPSA) is 63.2 Å². The van der Waals surface area contributed by atoms with Crippen LogP contribution in [0, 0.1) is 20.8 Å². The van der Waals surface area contributed by atoms with E-state index < -0.39 is 15.9 Å². The highest BCUT2D eigenvalue weighted by Crippen LogP contribution is 2.21. The molecular formula is C11H14BNO3S. The number of aryl methyl sites for hydroxylation is 3. The van der Waals surface area contributed by atoms with Gasteiger partial charge in [-0.05, 0) is 38.2 Å². The van der Waals surface area contributed by atoms with Crippen LogP contribution in [0.15, 0.2) is 17.0 Å². The van der Waals surface area contributed by atoms with Crippen LogP contribution in [0.1, 0.15) is 16.7 Å². The second-order valence-electron chi connectivity index (χ2n) is 3.96. The molecule has 6 heteroatoms. The molecule has 0 aliphatic carbocycles. The summed E-state index contributed by atoms with van der Waals surface area (Å²) in [4.78, 5) is 11.2. The number of carbonyl (C=O) groups is 1. The highest BCUT2D eigenvalue weighted by atomic mass is 32.2. The Kier molecular flexibility index (Phi) is 3.98. The Morgan fingerprint density at radius 2 is 1.71 bits per heavy atom. The zero-order valence-corrected chi connectivity index (χ0v) is 10.9. The highest BCUT2D eigenvalue weighted by molar-refractivity contribution is 7.90. The Morgan fingerprint density at radius 1 is 1.24 bits per heavy atom. The van der Waals surface area contributed by atoms with Crippen molar-refractivity contribution in [1.29, 1.82) is 0 Å². The third-order valence-electron chi connectivity index (χ3n) is 2.31. The van der Waals surface area contributed by atoms with E-state index in [0.717, 1.165) is 5.56 Å². The predicted molar refractivity (Wildman–Crippen MR) is 66.5 cm³/mol. The number of hydrogen-bond donors (Lipinski definition) is 1. The molecule has 1 amide bonds. The molecule has 0 atom stereocenters. The van der Waals surface area contributed by atoms with Crippen LogP contribution < -0.4 is 4.72 Å². The largest absolute Gasteiger partial charge is 0.275 e. The lowest BCUT2D eigenvalue weighted by atomic mass is 10.1. The second-order valence-corrected chi connectivity index (χ2v) is 5.58. The van der Waals surface area contributed by atoms with Gasteiger partial charge in [0.25, 0.3) is 10.0 Å². The lowest BCUT2D eigenvalue weighted by Crippen LogP contribution is -2.31. The fourth-order valence-electron chi connectivity index (χ4n) is 1.83. The van der Waals surface area contributed by atoms with E-state index in [0.29, 0.717) is 11.1 Å². The highest BCUT2D eigenvalue weighted by Gasteiger charge is 2.21. The molecule has 1 aromatic carbocycles. The lowest BCUT2D eigenvalue weighted by Gasteiger charge is -2.12. The van der Waals surface area contributed by atoms with E-state index in [1.54, 1.807) is 26.0 Å². The predicted octanol–water partition coefficient (Wildman–Crippen LogP) is 1.00. The first kappa shape index (κ1) is 13.8. The quantitative estimate of drug-likeness (QED) is 0.815. The maximum Gasteiger partial charge on any atom is 0.264 e. The van der Waals surface area contributed by atoms with E-state index in [9.17, 15) is 13.2 Å². The zero-order chi connectivity index (χ0) is 13.2. The Labute approximate surface area is 103 Å². The van der Waals surface area contributed by atoms with Gasteiger partial charge >= 0.3 is 0 Å². The minimum absolute atomic E-state index is 0.143. The minimum Gasteiger partial charge on any atom is -0.275 e. The summed E-state index contributed by atoms with van der Waals surface area (Å²) >= 11 is 0. The number of amides is 1. The van der Waals surface area contributed by atoms with Gasteiger partial charge in [-0.3, -0.25) is 4.79 Å². The lowest BCUT2D eigenvalue weighted by molar-refractivity contribution is -0.117. The Hall–Kier alpha value is -1.30. The van der Waals surface area contributed by atoms with Gasteiger partial charge in [0.2, 0.25) is 5.91 Å². The standard InChI is InChI=1S/C11H14BNO3S/c1-7-4-8(2)11(9(3)5-7)17(15,16)13-10(14)6-12/h4-5H,6H2,1-3H3,(H,13,14). The Balaban J connectivity index is 3.29. The molecule has 0 aliphatic heterocycles. The first-order valence-corrected chi connectivity index (χ1v) is 6.60. The smallest absolute Gasteiger partial charge is 0.264 e. The average molecular weight is 251 g/mol. The Morgan fingerprint density at radius 3 is 2.12 bits per heavy atom. The van der Waals surface area contributed by atoms with Gasteiger partial charge in [0.15, 0.2) is 0 Å². The third-order valence-corrected chi connectivity index (χ3v) is 3.98. The molecule has 0 heterocycles. The number of rotatable bonds is 3. The van der Waals surface area contributed by atoms with E-state index in [4.69, 9.17) is 7.85 Å². The zero-order valence-electron chi connectivity index (χ0n) is 10.1. The first-order valence-electron chi connectivity index (χ1n) is 5.11. The van der Waals surface area contributed by atoms with E-state index in [1.807, 2.05) is 11.6 Å². The van der Waals surface area contributed by atoms with Crippen LogP contribution in [-0.2, 0) is 14.8 Å². The van der Waals surface area contributed by atoms with Crippen LogP contribution in [0.2, 0.25) is 6.32 Å². The summed E-state index contributed by atoms with van der Waals surface area (Å²) in [5.41, 5.74) is 2.20. The molecule has 2 radical (unpaired) electrons. The number of nitrogens with one attached hydrogen (secondary N) is 1. The molecule has 0 bridgehead atoms. The van der Waals surface area contributed by atoms with Crippen molar-refractivity contribution in [1.82, 2.24) is 4.72 Å². The summed E-state index contributed by atoms with van der Waals surface area (Å²) in [6, 6.07) is 3.52. The van der Waals surface area contributed by atoms with Crippen molar-refractivity contribution in [3.63, 3.8) is 0 Å². The van der Waals surface area contributed by atoms with Gasteiger partial charge in [0.1, 0.15) is 0 Å². The van der Waals surface area contributed by atoms with E-state index in [-0.39, 0.29) is 11.2 Å². The van der Waals surface area contributed by atoms with E-state index in [1.165, 1.54) is 0 Å². The molecule has 0 unspecified atom stereocenters. The van der Waals surface area contributed by atoms with E-state index >= 15 is 0 Å². The molecule has 17 heavy (non-hydrogen) atoms. The van der Waals surface area contributed by atoms with Crippen molar-refractivity contribution in [2.75, 3.05) is 0 Å². The van der Waals surface area contributed by atoms with Crippen molar-refractivity contribution in [3.05, 3.63) is 28.8 Å². The molecule has 4 nitrogen and oxygen atoms in total. The van der Waals surface area contributed by atoms with Gasteiger partial charge in [0.05, 0.1) is 12.7 Å². The van der Waals surface area contributed by atoms with E-state index in [2.05, 4.69) is 0 Å². The molecule has 0 saturated carbocycles. The molecule has 1 aromatic rings. The van der Waals surface area contributed by atoms with Gasteiger partial charge in [-0.15, -0.1) is 0 Å². The van der Waals surface area contributed by atoms with Crippen LogP contribution in [0.4, 0.5) is 0 Å². The summed E-state index contributed by atoms with van der Waals surface area (Å²) in [5, 5.41) is 0. The van der Waals surface area contributed by atoms with Crippen LogP contribution in [0.3, 0.4) is 0 Å². The van der Waals surface area contributed by atoms with Gasteiger partial charge in [-0.2, -0.15) is 0 Å². The van der Waals surface area contributed by atoms with Crippen LogP contribution >= 0.6 is 0 Å². The van der Waals surface area contributed by atoms with Crippen molar-refractivity contribution in [2.45, 2.75) is 32.0 Å². The van der Waals surface area contributed by atoms with Gasteiger partial charge < -0.3 is 0 Å². The molecule has 1 N–H and O–H groups in total. The molecule has 1 rings (SSSR count). The van der Waals surface area contributed by atoms with Crippen molar-refractivity contribution in [3.8, 4) is 0 Å². The SMILES string of the molecule is [B]CC(=O)NS(=O)(=O)c1c(C)cc(C)cc1C. The summed E-state index contributed by atoms with van der Waals surface area (Å²) < 4.78 is 25.9. The molecular weight excluding hydrogens is 237 g/mol. The molecule has 0 fully saturated rings. The first-order chi connectivity index (χ1) is 7.77. The summed E-state index contributed by atoms with van der Waals surface area (Å²) in [5.74, 6) is -0.718. The van der Waals surface area contributed by atoms with Gasteiger partial charge in [-0.25, -0.2) is 13.1 Å². The van der Waals surface area contributed by atoms with Crippen molar-refractivity contribution >= 4 is 23.8 Å². The monoisotopic (exact) mass is 251 g/mol. The fraction of sp³-hybridized carbons (Fsp3) is 0.364. The number of hydrogen-bond acceptors (Lipinski definition) is 3. The van der Waals surface area contributed by atoms with Crippen molar-refractivity contribution < 1.29 is 13.2 Å². The van der Waals surface area contributed by atoms with Crippen LogP contribution in [-0.4, -0.2) is 22.2 Å². The van der Waals surface area contributed by atoms with Crippen molar-refractivity contribution in [2.24, 2.45) is 0 Å². The third kappa shape index (κ3) is 3.09. The number of sulfonamides is 1. The summed E-state index contributed by atoms with van der Waals surface area (Å²) in [7, 11) is 1.25.